The van der Waals surface area contributed by atoms with Crippen molar-refractivity contribution < 1.29 is 14.3 Å². The van der Waals surface area contributed by atoms with Crippen molar-refractivity contribution in [2.24, 2.45) is 0 Å². The minimum Gasteiger partial charge on any atom is -0.494 e. The van der Waals surface area contributed by atoms with Crippen molar-refractivity contribution in [2.75, 3.05) is 24.7 Å². The van der Waals surface area contributed by atoms with Crippen LogP contribution in [0.2, 0.25) is 0 Å². The summed E-state index contributed by atoms with van der Waals surface area (Å²) in [6, 6.07) is 6.06. The molecule has 3 heterocycles. The van der Waals surface area contributed by atoms with Gasteiger partial charge >= 0.3 is 0 Å². The molecule has 7 nitrogen and oxygen atoms in total. The van der Waals surface area contributed by atoms with E-state index in [4.69, 9.17) is 14.5 Å². The molecule has 0 fully saturated rings. The monoisotopic (exact) mass is 384 g/mol. The molecule has 1 aliphatic heterocycles. The van der Waals surface area contributed by atoms with E-state index in [1.807, 2.05) is 35.9 Å². The third-order valence-corrected chi connectivity index (χ3v) is 5.35. The molecular formula is C19H20N4O3S. The number of benzene rings is 1. The fourth-order valence-corrected chi connectivity index (χ4v) is 3.99. The summed E-state index contributed by atoms with van der Waals surface area (Å²) in [6.45, 7) is 4.15. The van der Waals surface area contributed by atoms with Crippen LogP contribution in [0.4, 0.5) is 5.13 Å². The number of carbonyl (C=O) groups is 1. The summed E-state index contributed by atoms with van der Waals surface area (Å²) < 4.78 is 13.8. The average molecular weight is 384 g/mol. The highest BCUT2D eigenvalue weighted by Crippen LogP contribution is 2.31. The van der Waals surface area contributed by atoms with Crippen molar-refractivity contribution in [1.29, 1.82) is 0 Å². The zero-order chi connectivity index (χ0) is 18.6. The number of carbonyl (C=O) groups excluding carboxylic acids is 1. The number of anilines is 1. The lowest BCUT2D eigenvalue weighted by Crippen LogP contribution is -2.35. The molecule has 140 valence electrons. The Morgan fingerprint density at radius 1 is 1.37 bits per heavy atom. The zero-order valence-corrected chi connectivity index (χ0v) is 15.8. The fourth-order valence-electron chi connectivity index (χ4n) is 2.92. The van der Waals surface area contributed by atoms with Crippen LogP contribution >= 0.6 is 11.3 Å². The number of ether oxygens (including phenoxy) is 2. The molecule has 27 heavy (non-hydrogen) atoms. The Balaban J connectivity index is 1.60. The summed E-state index contributed by atoms with van der Waals surface area (Å²) in [4.78, 5) is 23.5. The van der Waals surface area contributed by atoms with E-state index in [9.17, 15) is 4.79 Å². The van der Waals surface area contributed by atoms with Gasteiger partial charge in [0.2, 0.25) is 5.76 Å². The molecule has 1 aromatic carbocycles. The summed E-state index contributed by atoms with van der Waals surface area (Å²) in [6.07, 6.45) is 7.59. The highest BCUT2D eigenvalue weighted by Gasteiger charge is 2.26. The molecule has 1 amide bonds. The first kappa shape index (κ1) is 17.5. The van der Waals surface area contributed by atoms with Crippen molar-refractivity contribution in [3.8, 4) is 0 Å². The number of aromatic nitrogens is 3. The van der Waals surface area contributed by atoms with Crippen LogP contribution in [0.1, 0.15) is 12.0 Å². The first-order valence-electron chi connectivity index (χ1n) is 8.81. The summed E-state index contributed by atoms with van der Waals surface area (Å²) >= 11 is 1.51. The van der Waals surface area contributed by atoms with Gasteiger partial charge in [0.25, 0.3) is 5.91 Å². The molecule has 0 unspecified atom stereocenters. The second-order valence-electron chi connectivity index (χ2n) is 6.23. The van der Waals surface area contributed by atoms with Gasteiger partial charge in [0.05, 0.1) is 16.5 Å². The number of fused-ring (bicyclic) bond motifs is 1. The van der Waals surface area contributed by atoms with Gasteiger partial charge in [-0.1, -0.05) is 23.5 Å². The van der Waals surface area contributed by atoms with Crippen LogP contribution in [0, 0.1) is 6.92 Å². The van der Waals surface area contributed by atoms with Crippen LogP contribution < -0.4 is 4.90 Å². The molecule has 0 saturated heterocycles. The molecule has 3 aromatic rings. The zero-order valence-electron chi connectivity index (χ0n) is 15.0. The van der Waals surface area contributed by atoms with E-state index < -0.39 is 0 Å². The minimum absolute atomic E-state index is 0.222. The first-order valence-corrected chi connectivity index (χ1v) is 9.62. The third-order valence-electron chi connectivity index (χ3n) is 4.30. The largest absolute Gasteiger partial charge is 0.494 e. The van der Waals surface area contributed by atoms with Gasteiger partial charge in [0.15, 0.2) is 5.13 Å². The molecule has 0 spiro atoms. The first-order chi connectivity index (χ1) is 13.2. The lowest BCUT2D eigenvalue weighted by molar-refractivity contribution is -0.119. The number of amides is 1. The van der Waals surface area contributed by atoms with Crippen molar-refractivity contribution >= 4 is 32.6 Å². The number of imidazole rings is 1. The highest BCUT2D eigenvalue weighted by atomic mass is 32.1. The van der Waals surface area contributed by atoms with E-state index >= 15 is 0 Å². The molecule has 2 aromatic heterocycles. The van der Waals surface area contributed by atoms with Gasteiger partial charge < -0.3 is 14.0 Å². The molecular weight excluding hydrogens is 364 g/mol. The van der Waals surface area contributed by atoms with E-state index in [1.165, 1.54) is 17.6 Å². The minimum atomic E-state index is -0.225. The number of hydrogen-bond donors (Lipinski definition) is 0. The summed E-state index contributed by atoms with van der Waals surface area (Å²) in [5, 5.41) is 0.671. The van der Waals surface area contributed by atoms with Gasteiger partial charge in [-0.25, -0.2) is 9.97 Å². The number of para-hydroxylation sites is 1. The summed E-state index contributed by atoms with van der Waals surface area (Å²) in [5.41, 5.74) is 2.02. The molecule has 8 heteroatoms. The van der Waals surface area contributed by atoms with Crippen molar-refractivity contribution in [1.82, 2.24) is 14.5 Å². The Labute approximate surface area is 160 Å². The standard InChI is InChI=1S/C19H20N4O3S/c1-14-4-2-5-16-17(14)21-19(27-16)23(8-3-7-22-9-6-20-13-22)18(24)15-12-25-10-11-26-15/h2,4-6,9,12-13H,3,7-8,10-11H2,1H3. The van der Waals surface area contributed by atoms with Crippen LogP contribution in [0.15, 0.2) is 48.9 Å². The van der Waals surface area contributed by atoms with Gasteiger partial charge in [-0.3, -0.25) is 9.69 Å². The normalized spacial score (nSPS) is 13.7. The molecule has 0 bridgehead atoms. The van der Waals surface area contributed by atoms with Gasteiger partial charge in [-0.2, -0.15) is 0 Å². The number of aryl methyl sites for hydroxylation is 2. The van der Waals surface area contributed by atoms with Crippen LogP contribution in [0.3, 0.4) is 0 Å². The van der Waals surface area contributed by atoms with Gasteiger partial charge in [0.1, 0.15) is 19.5 Å². The molecule has 0 aliphatic carbocycles. The van der Waals surface area contributed by atoms with Gasteiger partial charge in [0, 0.05) is 25.5 Å². The van der Waals surface area contributed by atoms with Crippen LogP contribution in [0.5, 0.6) is 0 Å². The number of rotatable bonds is 6. The summed E-state index contributed by atoms with van der Waals surface area (Å²) in [5.74, 6) is -0.00287. The molecule has 4 rings (SSSR count). The second kappa shape index (κ2) is 7.79. The van der Waals surface area contributed by atoms with E-state index in [2.05, 4.69) is 4.98 Å². The molecule has 0 radical (unpaired) electrons. The van der Waals surface area contributed by atoms with Crippen LogP contribution in [-0.2, 0) is 20.8 Å². The average Bonchev–Trinajstić information content (AvgIpc) is 3.36. The van der Waals surface area contributed by atoms with E-state index in [1.54, 1.807) is 17.4 Å². The Morgan fingerprint density at radius 3 is 3.04 bits per heavy atom. The third kappa shape index (κ3) is 3.80. The quantitative estimate of drug-likeness (QED) is 0.653. The molecule has 0 atom stereocenters. The number of nitrogens with zero attached hydrogens (tertiary/aromatic N) is 4. The molecule has 1 aliphatic rings. The second-order valence-corrected chi connectivity index (χ2v) is 7.24. The fraction of sp³-hybridized carbons (Fsp3) is 0.316. The summed E-state index contributed by atoms with van der Waals surface area (Å²) in [7, 11) is 0. The number of hydrogen-bond acceptors (Lipinski definition) is 6. The smallest absolute Gasteiger partial charge is 0.298 e. The Morgan fingerprint density at radius 2 is 2.30 bits per heavy atom. The van der Waals surface area contributed by atoms with Crippen molar-refractivity contribution in [3.05, 3.63) is 54.5 Å². The number of thiazole rings is 1. The van der Waals surface area contributed by atoms with Gasteiger partial charge in [-0.05, 0) is 25.0 Å². The van der Waals surface area contributed by atoms with Crippen molar-refractivity contribution in [2.45, 2.75) is 19.9 Å². The van der Waals surface area contributed by atoms with E-state index in [0.717, 1.165) is 28.7 Å². The maximum atomic E-state index is 13.1. The van der Waals surface area contributed by atoms with Crippen LogP contribution in [-0.4, -0.2) is 40.2 Å². The van der Waals surface area contributed by atoms with Crippen molar-refractivity contribution in [3.63, 3.8) is 0 Å². The maximum Gasteiger partial charge on any atom is 0.298 e. The predicted octanol–water partition coefficient (Wildman–Crippen LogP) is 3.11. The molecule has 0 N–H and O–H groups in total. The SMILES string of the molecule is Cc1cccc2sc(N(CCCn3ccnc3)C(=O)C3=COCCO3)nc12. The highest BCUT2D eigenvalue weighted by molar-refractivity contribution is 7.22. The van der Waals surface area contributed by atoms with Gasteiger partial charge in [-0.15, -0.1) is 0 Å². The Hall–Kier alpha value is -2.87. The van der Waals surface area contributed by atoms with E-state index in [0.29, 0.717) is 24.9 Å². The Bertz CT molecular complexity index is 965. The lowest BCUT2D eigenvalue weighted by Gasteiger charge is -2.23. The topological polar surface area (TPSA) is 69.5 Å². The molecule has 0 saturated carbocycles. The maximum absolute atomic E-state index is 13.1. The lowest BCUT2D eigenvalue weighted by atomic mass is 10.2. The van der Waals surface area contributed by atoms with E-state index in [-0.39, 0.29) is 11.7 Å². The Kier molecular flexibility index (Phi) is 5.06. The predicted molar refractivity (Wildman–Crippen MR) is 104 cm³/mol. The van der Waals surface area contributed by atoms with Crippen LogP contribution in [0.25, 0.3) is 10.2 Å².